The summed E-state index contributed by atoms with van der Waals surface area (Å²) in [6.45, 7) is 8.76. The van der Waals surface area contributed by atoms with Gasteiger partial charge in [-0.05, 0) is 50.0 Å². The van der Waals surface area contributed by atoms with Crippen molar-refractivity contribution in [3.63, 3.8) is 0 Å². The number of hydrogen-bond acceptors (Lipinski definition) is 3. The average molecular weight is 350 g/mol. The van der Waals surface area contributed by atoms with E-state index in [4.69, 9.17) is 11.6 Å². The maximum absolute atomic E-state index is 12.9. The fraction of sp³-hybridized carbons (Fsp3) is 0.632. The zero-order valence-corrected chi connectivity index (χ0v) is 15.3. The Hall–Kier alpha value is -1.10. The van der Waals surface area contributed by atoms with Crippen molar-refractivity contribution < 1.29 is 4.79 Å². The maximum atomic E-state index is 12.9. The molecule has 3 rings (SSSR count). The first-order valence-electron chi connectivity index (χ1n) is 9.17. The van der Waals surface area contributed by atoms with Crippen LogP contribution in [0, 0.1) is 0 Å². The van der Waals surface area contributed by atoms with Crippen molar-refractivity contribution in [3.05, 3.63) is 34.9 Å². The van der Waals surface area contributed by atoms with Crippen molar-refractivity contribution in [1.82, 2.24) is 14.7 Å². The van der Waals surface area contributed by atoms with E-state index in [1.807, 2.05) is 18.2 Å². The predicted octanol–water partition coefficient (Wildman–Crippen LogP) is 2.86. The summed E-state index contributed by atoms with van der Waals surface area (Å²) in [6.07, 6.45) is 3.38. The SMILES string of the molecule is CCC(C(=O)N1CCN(Cc2cccc(Cl)c2)CC1)N1CCCC1. The molecule has 1 amide bonds. The number of piperazine rings is 1. The minimum absolute atomic E-state index is 0.0898. The summed E-state index contributed by atoms with van der Waals surface area (Å²) < 4.78 is 0. The second kappa shape index (κ2) is 8.32. The van der Waals surface area contributed by atoms with Crippen LogP contribution >= 0.6 is 11.6 Å². The molecule has 1 atom stereocenters. The third kappa shape index (κ3) is 4.29. The van der Waals surface area contributed by atoms with E-state index in [0.717, 1.165) is 57.3 Å². The molecule has 132 valence electrons. The molecule has 2 heterocycles. The van der Waals surface area contributed by atoms with E-state index in [-0.39, 0.29) is 6.04 Å². The fourth-order valence-corrected chi connectivity index (χ4v) is 4.09. The predicted molar refractivity (Wildman–Crippen MR) is 98.2 cm³/mol. The first-order chi connectivity index (χ1) is 11.7. The highest BCUT2D eigenvalue weighted by molar-refractivity contribution is 6.30. The third-order valence-corrected chi connectivity index (χ3v) is 5.47. The van der Waals surface area contributed by atoms with Crippen LogP contribution in [0.1, 0.15) is 31.7 Å². The molecule has 4 nitrogen and oxygen atoms in total. The van der Waals surface area contributed by atoms with Crippen LogP contribution in [0.25, 0.3) is 0 Å². The Morgan fingerprint density at radius 3 is 2.46 bits per heavy atom. The zero-order valence-electron chi connectivity index (χ0n) is 14.6. The molecular weight excluding hydrogens is 322 g/mol. The minimum Gasteiger partial charge on any atom is -0.339 e. The van der Waals surface area contributed by atoms with E-state index < -0.39 is 0 Å². The molecule has 2 saturated heterocycles. The summed E-state index contributed by atoms with van der Waals surface area (Å²) >= 11 is 6.06. The number of carbonyl (C=O) groups excluding carboxylic acids is 1. The Labute approximate surface area is 150 Å². The highest BCUT2D eigenvalue weighted by Crippen LogP contribution is 2.18. The summed E-state index contributed by atoms with van der Waals surface area (Å²) in [7, 11) is 0. The van der Waals surface area contributed by atoms with E-state index in [1.54, 1.807) is 0 Å². The van der Waals surface area contributed by atoms with Gasteiger partial charge in [-0.1, -0.05) is 30.7 Å². The van der Waals surface area contributed by atoms with Crippen LogP contribution in [-0.4, -0.2) is 65.9 Å². The zero-order chi connectivity index (χ0) is 16.9. The molecule has 24 heavy (non-hydrogen) atoms. The van der Waals surface area contributed by atoms with Gasteiger partial charge in [0.2, 0.25) is 5.91 Å². The molecule has 5 heteroatoms. The lowest BCUT2D eigenvalue weighted by Crippen LogP contribution is -2.54. The lowest BCUT2D eigenvalue weighted by molar-refractivity contribution is -0.138. The molecular formula is C19H28ClN3O. The molecule has 0 aliphatic carbocycles. The summed E-state index contributed by atoms with van der Waals surface area (Å²) in [5, 5.41) is 0.790. The van der Waals surface area contributed by atoms with Gasteiger partial charge in [0, 0.05) is 37.7 Å². The van der Waals surface area contributed by atoms with Crippen molar-refractivity contribution in [1.29, 1.82) is 0 Å². The summed E-state index contributed by atoms with van der Waals surface area (Å²) in [4.78, 5) is 19.7. The number of benzene rings is 1. The monoisotopic (exact) mass is 349 g/mol. The quantitative estimate of drug-likeness (QED) is 0.817. The van der Waals surface area contributed by atoms with Gasteiger partial charge < -0.3 is 4.90 Å². The number of nitrogens with zero attached hydrogens (tertiary/aromatic N) is 3. The Morgan fingerprint density at radius 2 is 1.83 bits per heavy atom. The molecule has 0 saturated carbocycles. The van der Waals surface area contributed by atoms with Gasteiger partial charge in [0.15, 0.2) is 0 Å². The van der Waals surface area contributed by atoms with Gasteiger partial charge in [-0.15, -0.1) is 0 Å². The van der Waals surface area contributed by atoms with Crippen molar-refractivity contribution in [2.75, 3.05) is 39.3 Å². The molecule has 0 N–H and O–H groups in total. The van der Waals surface area contributed by atoms with E-state index in [9.17, 15) is 4.79 Å². The molecule has 0 spiro atoms. The lowest BCUT2D eigenvalue weighted by Gasteiger charge is -2.38. The van der Waals surface area contributed by atoms with Crippen LogP contribution in [0.5, 0.6) is 0 Å². The van der Waals surface area contributed by atoms with Crippen molar-refractivity contribution in [3.8, 4) is 0 Å². The second-order valence-electron chi connectivity index (χ2n) is 6.90. The van der Waals surface area contributed by atoms with Crippen LogP contribution in [0.4, 0.5) is 0 Å². The Bertz CT molecular complexity index is 551. The highest BCUT2D eigenvalue weighted by Gasteiger charge is 2.31. The number of amides is 1. The molecule has 0 radical (unpaired) electrons. The highest BCUT2D eigenvalue weighted by atomic mass is 35.5. The largest absolute Gasteiger partial charge is 0.339 e. The van der Waals surface area contributed by atoms with E-state index >= 15 is 0 Å². The van der Waals surface area contributed by atoms with Gasteiger partial charge in [-0.25, -0.2) is 0 Å². The van der Waals surface area contributed by atoms with Crippen LogP contribution in [0.15, 0.2) is 24.3 Å². The van der Waals surface area contributed by atoms with Crippen molar-refractivity contribution >= 4 is 17.5 Å². The molecule has 0 bridgehead atoms. The average Bonchev–Trinajstić information content (AvgIpc) is 3.10. The van der Waals surface area contributed by atoms with Gasteiger partial charge in [0.1, 0.15) is 0 Å². The Balaban J connectivity index is 1.51. The van der Waals surface area contributed by atoms with Crippen LogP contribution in [0.3, 0.4) is 0 Å². The van der Waals surface area contributed by atoms with Gasteiger partial charge in [-0.2, -0.15) is 0 Å². The third-order valence-electron chi connectivity index (χ3n) is 5.23. The normalized spacial score (nSPS) is 21.2. The minimum atomic E-state index is 0.0898. The number of hydrogen-bond donors (Lipinski definition) is 0. The molecule has 1 aromatic rings. The maximum Gasteiger partial charge on any atom is 0.240 e. The van der Waals surface area contributed by atoms with Gasteiger partial charge in [0.25, 0.3) is 0 Å². The molecule has 0 aromatic heterocycles. The van der Waals surface area contributed by atoms with Gasteiger partial charge in [0.05, 0.1) is 6.04 Å². The van der Waals surface area contributed by atoms with E-state index in [0.29, 0.717) is 5.91 Å². The molecule has 2 fully saturated rings. The second-order valence-corrected chi connectivity index (χ2v) is 7.33. The first kappa shape index (κ1) is 17.7. The lowest BCUT2D eigenvalue weighted by atomic mass is 10.1. The molecule has 1 aromatic carbocycles. The van der Waals surface area contributed by atoms with Gasteiger partial charge in [-0.3, -0.25) is 14.6 Å². The van der Waals surface area contributed by atoms with Crippen LogP contribution in [0.2, 0.25) is 5.02 Å². The fourth-order valence-electron chi connectivity index (χ4n) is 3.87. The molecule has 2 aliphatic heterocycles. The smallest absolute Gasteiger partial charge is 0.240 e. The van der Waals surface area contributed by atoms with Crippen LogP contribution < -0.4 is 0 Å². The number of carbonyl (C=O) groups is 1. The van der Waals surface area contributed by atoms with Gasteiger partial charge >= 0.3 is 0 Å². The molecule has 2 aliphatic rings. The number of rotatable bonds is 5. The Kier molecular flexibility index (Phi) is 6.14. The topological polar surface area (TPSA) is 26.8 Å². The molecule has 1 unspecified atom stereocenters. The van der Waals surface area contributed by atoms with E-state index in [1.165, 1.54) is 18.4 Å². The number of halogens is 1. The Morgan fingerprint density at radius 1 is 1.12 bits per heavy atom. The summed E-state index contributed by atoms with van der Waals surface area (Å²) in [6, 6.07) is 8.14. The first-order valence-corrected chi connectivity index (χ1v) is 9.55. The van der Waals surface area contributed by atoms with Crippen molar-refractivity contribution in [2.24, 2.45) is 0 Å². The van der Waals surface area contributed by atoms with E-state index in [2.05, 4.69) is 27.7 Å². The number of likely N-dealkylation sites (tertiary alicyclic amines) is 1. The summed E-state index contributed by atoms with van der Waals surface area (Å²) in [5.41, 5.74) is 1.24. The van der Waals surface area contributed by atoms with Crippen LogP contribution in [-0.2, 0) is 11.3 Å². The van der Waals surface area contributed by atoms with Crippen molar-refractivity contribution in [2.45, 2.75) is 38.8 Å². The standard InChI is InChI=1S/C19H28ClN3O/c1-2-18(22-8-3-4-9-22)19(24)23-12-10-21(11-13-23)15-16-6-5-7-17(20)14-16/h5-7,14,18H,2-4,8-13,15H2,1H3. The summed E-state index contributed by atoms with van der Waals surface area (Å²) in [5.74, 6) is 0.335.